The maximum Gasteiger partial charge on any atom is 0.416 e. The molecule has 2 N–H and O–H groups in total. The van der Waals surface area contributed by atoms with E-state index in [0.717, 1.165) is 10.5 Å². The number of halogens is 3. The molecule has 112 valence electrons. The summed E-state index contributed by atoms with van der Waals surface area (Å²) in [6.07, 6.45) is -4.13. The molecule has 5 heteroatoms. The molecule has 21 heavy (non-hydrogen) atoms. The summed E-state index contributed by atoms with van der Waals surface area (Å²) in [5, 5.41) is 0. The van der Waals surface area contributed by atoms with E-state index in [0.29, 0.717) is 4.90 Å². The van der Waals surface area contributed by atoms with Crippen LogP contribution >= 0.6 is 11.8 Å². The third kappa shape index (κ3) is 4.25. The second-order valence-electron chi connectivity index (χ2n) is 4.77. The molecular weight excluding hydrogens is 295 g/mol. The largest absolute Gasteiger partial charge is 0.416 e. The highest BCUT2D eigenvalue weighted by Gasteiger charge is 2.33. The van der Waals surface area contributed by atoms with Crippen molar-refractivity contribution < 1.29 is 13.2 Å². The molecule has 0 spiro atoms. The van der Waals surface area contributed by atoms with E-state index in [1.165, 1.54) is 23.9 Å². The van der Waals surface area contributed by atoms with Crippen LogP contribution in [-0.2, 0) is 12.6 Å². The van der Waals surface area contributed by atoms with Crippen molar-refractivity contribution >= 4 is 11.8 Å². The van der Waals surface area contributed by atoms with E-state index in [4.69, 9.17) is 5.73 Å². The standard InChI is InChI=1S/C16H16F3NS/c1-11-3-2-4-13(9-11)21-14-6-5-12(7-8-20)15(10-14)16(17,18)19/h2-6,9-10H,7-8,20H2,1H3. The van der Waals surface area contributed by atoms with Gasteiger partial charge in [0, 0.05) is 9.79 Å². The molecule has 1 nitrogen and oxygen atoms in total. The van der Waals surface area contributed by atoms with E-state index in [-0.39, 0.29) is 18.5 Å². The molecule has 0 atom stereocenters. The minimum absolute atomic E-state index is 0.202. The summed E-state index contributed by atoms with van der Waals surface area (Å²) < 4.78 is 39.3. The van der Waals surface area contributed by atoms with Crippen LogP contribution in [0.3, 0.4) is 0 Å². The highest BCUT2D eigenvalue weighted by Crippen LogP contribution is 2.37. The molecule has 2 rings (SSSR count). The fourth-order valence-corrected chi connectivity index (χ4v) is 3.05. The summed E-state index contributed by atoms with van der Waals surface area (Å²) in [6.45, 7) is 2.16. The molecule has 0 saturated carbocycles. The van der Waals surface area contributed by atoms with Crippen molar-refractivity contribution in [2.45, 2.75) is 29.3 Å². The molecule has 0 aromatic heterocycles. The molecule has 0 heterocycles. The quantitative estimate of drug-likeness (QED) is 0.888. The molecule has 0 amide bonds. The van der Waals surface area contributed by atoms with Crippen molar-refractivity contribution in [3.63, 3.8) is 0 Å². The van der Waals surface area contributed by atoms with E-state index in [9.17, 15) is 13.2 Å². The summed E-state index contributed by atoms with van der Waals surface area (Å²) in [4.78, 5) is 1.50. The Kier molecular flexibility index (Phi) is 4.96. The molecule has 2 aromatic carbocycles. The van der Waals surface area contributed by atoms with Crippen LogP contribution in [0.2, 0.25) is 0 Å². The van der Waals surface area contributed by atoms with Crippen molar-refractivity contribution in [2.75, 3.05) is 6.54 Å². The molecule has 0 fully saturated rings. The third-order valence-corrected chi connectivity index (χ3v) is 4.00. The lowest BCUT2D eigenvalue weighted by Crippen LogP contribution is -2.12. The third-order valence-electron chi connectivity index (χ3n) is 3.03. The van der Waals surface area contributed by atoms with Crippen LogP contribution in [0.5, 0.6) is 0 Å². The van der Waals surface area contributed by atoms with Gasteiger partial charge in [0.2, 0.25) is 0 Å². The van der Waals surface area contributed by atoms with Gasteiger partial charge in [-0.15, -0.1) is 0 Å². The first-order valence-corrected chi connectivity index (χ1v) is 7.36. The maximum atomic E-state index is 13.1. The lowest BCUT2D eigenvalue weighted by molar-refractivity contribution is -0.138. The van der Waals surface area contributed by atoms with Gasteiger partial charge >= 0.3 is 6.18 Å². The second kappa shape index (κ2) is 6.54. The first-order chi connectivity index (χ1) is 9.90. The van der Waals surface area contributed by atoms with Crippen LogP contribution < -0.4 is 5.73 Å². The van der Waals surface area contributed by atoms with Crippen LogP contribution in [0.4, 0.5) is 13.2 Å². The Morgan fingerprint density at radius 2 is 1.76 bits per heavy atom. The van der Waals surface area contributed by atoms with Gasteiger partial charge in [-0.2, -0.15) is 13.2 Å². The van der Waals surface area contributed by atoms with Gasteiger partial charge in [-0.3, -0.25) is 0 Å². The van der Waals surface area contributed by atoms with Crippen molar-refractivity contribution in [2.24, 2.45) is 5.73 Å². The van der Waals surface area contributed by atoms with E-state index in [1.54, 1.807) is 6.07 Å². The number of hydrogen-bond acceptors (Lipinski definition) is 2. The molecular formula is C16H16F3NS. The average Bonchev–Trinajstić information content (AvgIpc) is 2.39. The van der Waals surface area contributed by atoms with Gasteiger partial charge in [0.05, 0.1) is 5.56 Å². The fourth-order valence-electron chi connectivity index (χ4n) is 2.07. The molecule has 0 unspecified atom stereocenters. The van der Waals surface area contributed by atoms with E-state index < -0.39 is 11.7 Å². The molecule has 0 aliphatic carbocycles. The average molecular weight is 311 g/mol. The van der Waals surface area contributed by atoms with Gasteiger partial charge in [0.25, 0.3) is 0 Å². The van der Waals surface area contributed by atoms with Crippen LogP contribution in [0.1, 0.15) is 16.7 Å². The van der Waals surface area contributed by atoms with Crippen molar-refractivity contribution in [3.8, 4) is 0 Å². The lowest BCUT2D eigenvalue weighted by atomic mass is 10.0. The summed E-state index contributed by atoms with van der Waals surface area (Å²) in [5.74, 6) is 0. The van der Waals surface area contributed by atoms with Gasteiger partial charge in [0.15, 0.2) is 0 Å². The minimum Gasteiger partial charge on any atom is -0.330 e. The van der Waals surface area contributed by atoms with Crippen molar-refractivity contribution in [1.82, 2.24) is 0 Å². The monoisotopic (exact) mass is 311 g/mol. The molecule has 0 radical (unpaired) electrons. The molecule has 0 aliphatic heterocycles. The Morgan fingerprint density at radius 1 is 1.05 bits per heavy atom. The second-order valence-corrected chi connectivity index (χ2v) is 5.92. The van der Waals surface area contributed by atoms with Gasteiger partial charge < -0.3 is 5.73 Å². The Balaban J connectivity index is 2.33. The highest BCUT2D eigenvalue weighted by molar-refractivity contribution is 7.99. The van der Waals surface area contributed by atoms with Gasteiger partial charge in [-0.1, -0.05) is 35.5 Å². The van der Waals surface area contributed by atoms with Crippen LogP contribution in [0.25, 0.3) is 0 Å². The summed E-state index contributed by atoms with van der Waals surface area (Å²) >= 11 is 1.33. The minimum atomic E-state index is -4.35. The number of rotatable bonds is 4. The Hall–Kier alpha value is -1.46. The predicted molar refractivity (Wildman–Crippen MR) is 79.5 cm³/mol. The van der Waals surface area contributed by atoms with Crippen molar-refractivity contribution in [3.05, 3.63) is 59.2 Å². The predicted octanol–water partition coefficient (Wildman–Crippen LogP) is 4.67. The van der Waals surface area contributed by atoms with Gasteiger partial charge in [-0.25, -0.2) is 0 Å². The number of nitrogens with two attached hydrogens (primary N) is 1. The first kappa shape index (κ1) is 15.9. The van der Waals surface area contributed by atoms with E-state index in [1.807, 2.05) is 31.2 Å². The van der Waals surface area contributed by atoms with Crippen LogP contribution in [-0.4, -0.2) is 6.54 Å². The number of benzene rings is 2. The Morgan fingerprint density at radius 3 is 2.38 bits per heavy atom. The normalized spacial score (nSPS) is 11.7. The van der Waals surface area contributed by atoms with Crippen LogP contribution in [0, 0.1) is 6.92 Å². The lowest BCUT2D eigenvalue weighted by Gasteiger charge is -2.14. The highest BCUT2D eigenvalue weighted by atomic mass is 32.2. The topological polar surface area (TPSA) is 26.0 Å². The zero-order valence-corrected chi connectivity index (χ0v) is 12.4. The number of alkyl halides is 3. The SMILES string of the molecule is Cc1cccc(Sc2ccc(CCN)c(C(F)(F)F)c2)c1. The number of hydrogen-bond donors (Lipinski definition) is 1. The Bertz CT molecular complexity index is 623. The zero-order valence-electron chi connectivity index (χ0n) is 11.6. The fraction of sp³-hybridized carbons (Fsp3) is 0.250. The summed E-state index contributed by atoms with van der Waals surface area (Å²) in [6, 6.07) is 12.1. The maximum absolute atomic E-state index is 13.1. The van der Waals surface area contributed by atoms with Gasteiger partial charge in [-0.05, 0) is 49.7 Å². The zero-order chi connectivity index (χ0) is 15.5. The van der Waals surface area contributed by atoms with Crippen molar-refractivity contribution in [1.29, 1.82) is 0 Å². The van der Waals surface area contributed by atoms with Gasteiger partial charge in [0.1, 0.15) is 0 Å². The number of aryl methyl sites for hydroxylation is 1. The molecule has 0 saturated heterocycles. The first-order valence-electron chi connectivity index (χ1n) is 6.55. The summed E-state index contributed by atoms with van der Waals surface area (Å²) in [7, 11) is 0. The molecule has 0 aliphatic rings. The van der Waals surface area contributed by atoms with E-state index >= 15 is 0 Å². The molecule has 0 bridgehead atoms. The smallest absolute Gasteiger partial charge is 0.330 e. The molecule has 2 aromatic rings. The Labute approximate surface area is 126 Å². The van der Waals surface area contributed by atoms with E-state index in [2.05, 4.69) is 0 Å². The van der Waals surface area contributed by atoms with Crippen LogP contribution in [0.15, 0.2) is 52.3 Å². The summed E-state index contributed by atoms with van der Waals surface area (Å²) in [5.41, 5.74) is 6.11.